The van der Waals surface area contributed by atoms with E-state index in [2.05, 4.69) is 54.9 Å². The van der Waals surface area contributed by atoms with Crippen molar-refractivity contribution in [2.45, 2.75) is 57.7 Å². The standard InChI is InChI=1S/C23H31N5O.CH2O2/c1-17-25-24-16-27(17)11-10-26-14-19-13-20(15-26)22(12-18-6-3-2-4-7-18)28-21(19)8-5-9-23(28)29;2-1-3/h2-4,6-7,16,19-22H,5,8-15H2,1H3;1H,(H,2,3)/t19-,20+,21+,22+;/m1./s1. The summed E-state index contributed by atoms with van der Waals surface area (Å²) in [5.74, 6) is 2.56. The van der Waals surface area contributed by atoms with Gasteiger partial charge in [-0.3, -0.25) is 9.59 Å². The van der Waals surface area contributed by atoms with E-state index in [0.29, 0.717) is 29.8 Å². The molecule has 1 amide bonds. The number of benzene rings is 1. The van der Waals surface area contributed by atoms with E-state index in [4.69, 9.17) is 9.90 Å². The Morgan fingerprint density at radius 2 is 1.91 bits per heavy atom. The van der Waals surface area contributed by atoms with E-state index in [1.807, 2.05) is 13.3 Å². The topological polar surface area (TPSA) is 91.6 Å². The fourth-order valence-corrected chi connectivity index (χ4v) is 5.95. The number of aromatic nitrogens is 3. The lowest BCUT2D eigenvalue weighted by atomic mass is 9.71. The molecule has 4 heterocycles. The monoisotopic (exact) mass is 439 g/mol. The van der Waals surface area contributed by atoms with E-state index in [1.54, 1.807) is 0 Å². The molecular weight excluding hydrogens is 406 g/mol. The number of fused-ring (bicyclic) bond motifs is 4. The maximum absolute atomic E-state index is 13.0. The summed E-state index contributed by atoms with van der Waals surface area (Å²) in [6.45, 7) is 5.94. The summed E-state index contributed by atoms with van der Waals surface area (Å²) in [6, 6.07) is 11.5. The van der Waals surface area contributed by atoms with Gasteiger partial charge in [-0.1, -0.05) is 30.3 Å². The van der Waals surface area contributed by atoms with Crippen molar-refractivity contribution < 1.29 is 14.7 Å². The molecule has 3 saturated heterocycles. The van der Waals surface area contributed by atoms with Crippen molar-refractivity contribution in [3.05, 3.63) is 48.0 Å². The molecule has 0 radical (unpaired) electrons. The van der Waals surface area contributed by atoms with Crippen molar-refractivity contribution in [3.63, 3.8) is 0 Å². The first-order chi connectivity index (χ1) is 15.6. The molecule has 3 fully saturated rings. The van der Waals surface area contributed by atoms with Crippen molar-refractivity contribution in [2.75, 3.05) is 19.6 Å². The maximum Gasteiger partial charge on any atom is 0.290 e. The lowest BCUT2D eigenvalue weighted by Gasteiger charge is -2.57. The van der Waals surface area contributed by atoms with Gasteiger partial charge in [-0.05, 0) is 50.0 Å². The molecule has 0 saturated carbocycles. The molecule has 1 aromatic carbocycles. The third-order valence-electron chi connectivity index (χ3n) is 7.33. The smallest absolute Gasteiger partial charge is 0.290 e. The van der Waals surface area contributed by atoms with Gasteiger partial charge in [-0.25, -0.2) is 0 Å². The third-order valence-corrected chi connectivity index (χ3v) is 7.33. The molecule has 0 aliphatic carbocycles. The molecule has 2 aromatic rings. The van der Waals surface area contributed by atoms with Gasteiger partial charge in [-0.2, -0.15) is 0 Å². The first kappa shape index (κ1) is 22.5. The normalized spacial score (nSPS) is 27.3. The highest BCUT2D eigenvalue weighted by atomic mass is 16.3. The molecule has 32 heavy (non-hydrogen) atoms. The molecule has 8 nitrogen and oxygen atoms in total. The number of hydrogen-bond donors (Lipinski definition) is 1. The average Bonchev–Trinajstić information content (AvgIpc) is 3.21. The Kier molecular flexibility index (Phi) is 7.19. The first-order valence-corrected chi connectivity index (χ1v) is 11.6. The van der Waals surface area contributed by atoms with Gasteiger partial charge in [0.25, 0.3) is 6.47 Å². The number of piperidine rings is 3. The number of carbonyl (C=O) groups excluding carboxylic acids is 1. The Hall–Kier alpha value is -2.74. The van der Waals surface area contributed by atoms with Gasteiger partial charge >= 0.3 is 0 Å². The minimum atomic E-state index is -0.250. The van der Waals surface area contributed by atoms with E-state index in [-0.39, 0.29) is 6.47 Å². The van der Waals surface area contributed by atoms with E-state index in [0.717, 1.165) is 51.3 Å². The van der Waals surface area contributed by atoms with E-state index >= 15 is 0 Å². The fourth-order valence-electron chi connectivity index (χ4n) is 5.95. The van der Waals surface area contributed by atoms with Crippen molar-refractivity contribution >= 4 is 12.4 Å². The number of nitrogens with zero attached hydrogens (tertiary/aromatic N) is 5. The zero-order chi connectivity index (χ0) is 22.5. The number of rotatable bonds is 5. The third kappa shape index (κ3) is 4.85. The number of amides is 1. The van der Waals surface area contributed by atoms with Crippen LogP contribution in [0.4, 0.5) is 0 Å². The van der Waals surface area contributed by atoms with Gasteiger partial charge in [0, 0.05) is 44.7 Å². The van der Waals surface area contributed by atoms with Crippen LogP contribution in [-0.2, 0) is 22.6 Å². The molecule has 8 heteroatoms. The molecule has 4 atom stereocenters. The number of aryl methyl sites for hydroxylation is 1. The Morgan fingerprint density at radius 3 is 2.62 bits per heavy atom. The fraction of sp³-hybridized carbons (Fsp3) is 0.583. The van der Waals surface area contributed by atoms with Crippen LogP contribution in [0.1, 0.15) is 37.1 Å². The number of carbonyl (C=O) groups is 2. The van der Waals surface area contributed by atoms with Crippen LogP contribution < -0.4 is 0 Å². The molecular formula is C24H33N5O3. The molecule has 172 valence electrons. The molecule has 3 aliphatic heterocycles. The SMILES string of the molecule is Cc1nncn1CCN1C[C@H]2C[C@@H](C1)[C@H](Cc1ccccc1)N1C(=O)CCC[C@@H]21.O=CO. The Morgan fingerprint density at radius 1 is 1.16 bits per heavy atom. The lowest BCUT2D eigenvalue weighted by molar-refractivity contribution is -0.152. The molecule has 0 unspecified atom stereocenters. The highest BCUT2D eigenvalue weighted by Crippen LogP contribution is 2.42. The van der Waals surface area contributed by atoms with Gasteiger partial charge in [0.1, 0.15) is 12.2 Å². The average molecular weight is 440 g/mol. The maximum atomic E-state index is 13.0. The second-order valence-corrected chi connectivity index (χ2v) is 9.21. The minimum absolute atomic E-state index is 0.250. The van der Waals surface area contributed by atoms with Crippen LogP contribution in [-0.4, -0.2) is 73.8 Å². The van der Waals surface area contributed by atoms with Gasteiger partial charge < -0.3 is 19.5 Å². The lowest BCUT2D eigenvalue weighted by Crippen LogP contribution is -2.65. The summed E-state index contributed by atoms with van der Waals surface area (Å²) >= 11 is 0. The van der Waals surface area contributed by atoms with Crippen molar-refractivity contribution in [1.82, 2.24) is 24.6 Å². The van der Waals surface area contributed by atoms with E-state index in [9.17, 15) is 4.79 Å². The summed E-state index contributed by atoms with van der Waals surface area (Å²) < 4.78 is 2.14. The summed E-state index contributed by atoms with van der Waals surface area (Å²) in [5, 5.41) is 15.0. The molecule has 1 N–H and O–H groups in total. The summed E-state index contributed by atoms with van der Waals surface area (Å²) in [5.41, 5.74) is 1.35. The van der Waals surface area contributed by atoms with Crippen LogP contribution in [0.15, 0.2) is 36.7 Å². The van der Waals surface area contributed by atoms with Crippen LogP contribution in [0.2, 0.25) is 0 Å². The van der Waals surface area contributed by atoms with Gasteiger partial charge in [0.2, 0.25) is 5.91 Å². The second kappa shape index (κ2) is 10.3. The van der Waals surface area contributed by atoms with Crippen molar-refractivity contribution in [3.8, 4) is 0 Å². The number of likely N-dealkylation sites (tertiary alicyclic amines) is 1. The van der Waals surface area contributed by atoms with Gasteiger partial charge in [-0.15, -0.1) is 10.2 Å². The van der Waals surface area contributed by atoms with Crippen LogP contribution in [0.25, 0.3) is 0 Å². The largest absolute Gasteiger partial charge is 0.483 e. The van der Waals surface area contributed by atoms with Crippen LogP contribution in [0, 0.1) is 18.8 Å². The van der Waals surface area contributed by atoms with Crippen LogP contribution in [0.3, 0.4) is 0 Å². The van der Waals surface area contributed by atoms with Crippen LogP contribution in [0.5, 0.6) is 0 Å². The number of hydrogen-bond acceptors (Lipinski definition) is 5. The Balaban J connectivity index is 0.000000775. The number of carboxylic acid groups (broad SMARTS) is 1. The highest BCUT2D eigenvalue weighted by molar-refractivity contribution is 5.78. The van der Waals surface area contributed by atoms with E-state index < -0.39 is 0 Å². The molecule has 0 spiro atoms. The second-order valence-electron chi connectivity index (χ2n) is 9.21. The zero-order valence-corrected chi connectivity index (χ0v) is 18.7. The molecule has 2 bridgehead atoms. The highest BCUT2D eigenvalue weighted by Gasteiger charge is 2.49. The predicted molar refractivity (Wildman–Crippen MR) is 120 cm³/mol. The van der Waals surface area contributed by atoms with Crippen molar-refractivity contribution in [2.24, 2.45) is 11.8 Å². The first-order valence-electron chi connectivity index (χ1n) is 11.6. The zero-order valence-electron chi connectivity index (χ0n) is 18.7. The molecule has 3 aliphatic rings. The van der Waals surface area contributed by atoms with Gasteiger partial charge in [0.05, 0.1) is 0 Å². The van der Waals surface area contributed by atoms with Crippen molar-refractivity contribution in [1.29, 1.82) is 0 Å². The molecule has 1 aromatic heterocycles. The van der Waals surface area contributed by atoms with Gasteiger partial charge in [0.15, 0.2) is 0 Å². The summed E-state index contributed by atoms with van der Waals surface area (Å²) in [6.07, 6.45) is 7.05. The summed E-state index contributed by atoms with van der Waals surface area (Å²) in [4.78, 5) is 26.3. The molecule has 5 rings (SSSR count). The van der Waals surface area contributed by atoms with Crippen LogP contribution >= 0.6 is 0 Å². The summed E-state index contributed by atoms with van der Waals surface area (Å²) in [7, 11) is 0. The Labute approximate surface area is 189 Å². The predicted octanol–water partition coefficient (Wildman–Crippen LogP) is 2.23. The van der Waals surface area contributed by atoms with E-state index in [1.165, 1.54) is 18.4 Å². The Bertz CT molecular complexity index is 902. The minimum Gasteiger partial charge on any atom is -0.483 e. The quantitative estimate of drug-likeness (QED) is 0.719.